The van der Waals surface area contributed by atoms with Gasteiger partial charge in [0.05, 0.1) is 31.2 Å². The summed E-state index contributed by atoms with van der Waals surface area (Å²) in [6, 6.07) is 5.65. The van der Waals surface area contributed by atoms with Gasteiger partial charge in [-0.1, -0.05) is 6.07 Å². The number of amides is 1. The average Bonchev–Trinajstić information content (AvgIpc) is 3.42. The number of halogens is 3. The van der Waals surface area contributed by atoms with Crippen molar-refractivity contribution < 1.29 is 22.7 Å². The Bertz CT molecular complexity index is 1140. The molecular formula is C22H26F3N8O+. The molecule has 0 aromatic heterocycles. The molecule has 12 heteroatoms. The normalized spacial score (nSPS) is 27.3. The number of alkyl halides is 3. The van der Waals surface area contributed by atoms with Gasteiger partial charge in [-0.25, -0.2) is 0 Å². The van der Waals surface area contributed by atoms with Crippen LogP contribution in [-0.4, -0.2) is 66.0 Å². The van der Waals surface area contributed by atoms with E-state index in [4.69, 9.17) is 5.10 Å². The lowest BCUT2D eigenvalue weighted by Gasteiger charge is -2.32. The van der Waals surface area contributed by atoms with Crippen molar-refractivity contribution in [2.75, 3.05) is 36.8 Å². The molecule has 0 radical (unpaired) electrons. The highest BCUT2D eigenvalue weighted by Gasteiger charge is 2.49. The molecule has 5 rings (SSSR count). The summed E-state index contributed by atoms with van der Waals surface area (Å²) >= 11 is 0. The van der Waals surface area contributed by atoms with Crippen molar-refractivity contribution in [2.24, 2.45) is 21.0 Å². The minimum Gasteiger partial charge on any atom is -0.325 e. The van der Waals surface area contributed by atoms with Gasteiger partial charge in [-0.2, -0.15) is 13.2 Å². The number of hydrogen-bond acceptors (Lipinski definition) is 7. The number of nitrogens with one attached hydrogen (secondary N) is 3. The standard InChI is InChI=1S/C22H25F3N8O/c1-21(2)16-4-3-15(9-17(16)29-19(21)34)28-20-30-18-11-26-6-8-33(18,31-20)32-7-5-14(12-32)10-27-13-22(23,24)25/h3-4,6,8-9,11,14,27H,5,7,10,12-13H2,1-2H3,(H-,28,29,31,34)/p+1. The summed E-state index contributed by atoms with van der Waals surface area (Å²) in [5.74, 6) is 1.01. The first-order chi connectivity index (χ1) is 16.1. The van der Waals surface area contributed by atoms with E-state index in [9.17, 15) is 18.0 Å². The first-order valence-electron chi connectivity index (χ1n) is 11.1. The number of guanidine groups is 1. The lowest BCUT2D eigenvalue weighted by atomic mass is 9.86. The van der Waals surface area contributed by atoms with Gasteiger partial charge >= 0.3 is 12.0 Å². The van der Waals surface area contributed by atoms with Crippen molar-refractivity contribution in [1.29, 1.82) is 0 Å². The highest BCUT2D eigenvalue weighted by molar-refractivity contribution is 6.30. The van der Waals surface area contributed by atoms with E-state index < -0.39 is 18.1 Å². The number of hydrogen-bond donors (Lipinski definition) is 3. The molecular weight excluding hydrogens is 449 g/mol. The number of carbonyl (C=O) groups excluding carboxylic acids is 1. The zero-order valence-electron chi connectivity index (χ0n) is 18.9. The molecule has 1 aromatic rings. The minimum absolute atomic E-state index is 0.00366. The highest BCUT2D eigenvalue weighted by Crippen LogP contribution is 2.39. The summed E-state index contributed by atoms with van der Waals surface area (Å²) in [6.45, 7) is 4.28. The number of quaternary nitrogens is 1. The summed E-state index contributed by atoms with van der Waals surface area (Å²) in [5.41, 5.74) is 1.83. The smallest absolute Gasteiger partial charge is 0.325 e. The van der Waals surface area contributed by atoms with Crippen LogP contribution in [0.2, 0.25) is 0 Å². The zero-order chi connectivity index (χ0) is 24.1. The number of anilines is 2. The summed E-state index contributed by atoms with van der Waals surface area (Å²) in [7, 11) is 0. The van der Waals surface area contributed by atoms with E-state index in [2.05, 4.69) is 30.9 Å². The predicted octanol–water partition coefficient (Wildman–Crippen LogP) is 2.77. The van der Waals surface area contributed by atoms with Crippen molar-refractivity contribution in [3.8, 4) is 0 Å². The number of rotatable bonds is 5. The van der Waals surface area contributed by atoms with Crippen LogP contribution in [0.1, 0.15) is 25.8 Å². The quantitative estimate of drug-likeness (QED) is 0.571. The molecule has 0 spiro atoms. The largest absolute Gasteiger partial charge is 0.401 e. The predicted molar refractivity (Wildman–Crippen MR) is 123 cm³/mol. The number of amidine groups is 1. The van der Waals surface area contributed by atoms with Gasteiger partial charge in [-0.3, -0.25) is 9.79 Å². The van der Waals surface area contributed by atoms with E-state index in [1.807, 2.05) is 38.2 Å². The lowest BCUT2D eigenvalue weighted by Crippen LogP contribution is -2.55. The minimum atomic E-state index is -4.22. The van der Waals surface area contributed by atoms with E-state index >= 15 is 0 Å². The van der Waals surface area contributed by atoms with Crippen LogP contribution in [0.4, 0.5) is 24.5 Å². The van der Waals surface area contributed by atoms with Gasteiger partial charge in [0.1, 0.15) is 6.21 Å². The maximum Gasteiger partial charge on any atom is 0.401 e. The van der Waals surface area contributed by atoms with Gasteiger partial charge < -0.3 is 16.0 Å². The molecule has 34 heavy (non-hydrogen) atoms. The summed E-state index contributed by atoms with van der Waals surface area (Å²) in [4.78, 5) is 21.0. The molecule has 2 atom stereocenters. The van der Waals surface area contributed by atoms with Crippen LogP contribution in [0, 0.1) is 5.92 Å². The van der Waals surface area contributed by atoms with E-state index in [1.165, 1.54) is 0 Å². The van der Waals surface area contributed by atoms with Crippen molar-refractivity contribution in [3.05, 3.63) is 36.2 Å². The van der Waals surface area contributed by atoms with Gasteiger partial charge in [-0.05, 0) is 60.2 Å². The van der Waals surface area contributed by atoms with Crippen molar-refractivity contribution in [2.45, 2.75) is 31.9 Å². The van der Waals surface area contributed by atoms with Gasteiger partial charge in [0.2, 0.25) is 5.91 Å². The van der Waals surface area contributed by atoms with Gasteiger partial charge in [0.15, 0.2) is 6.20 Å². The fourth-order valence-electron chi connectivity index (χ4n) is 4.69. The molecule has 0 saturated carbocycles. The Kier molecular flexibility index (Phi) is 5.34. The number of nitrogens with zero attached hydrogens (tertiary/aromatic N) is 5. The van der Waals surface area contributed by atoms with Gasteiger partial charge in [0.25, 0.3) is 5.96 Å². The second-order valence-corrected chi connectivity index (χ2v) is 9.40. The summed E-state index contributed by atoms with van der Waals surface area (Å²) in [6.07, 6.45) is 1.63. The number of benzene rings is 1. The third-order valence-electron chi connectivity index (χ3n) is 6.57. The van der Waals surface area contributed by atoms with Crippen molar-refractivity contribution in [1.82, 2.24) is 10.3 Å². The van der Waals surface area contributed by atoms with E-state index in [0.717, 1.165) is 23.4 Å². The van der Waals surface area contributed by atoms with Crippen LogP contribution < -0.4 is 16.0 Å². The van der Waals surface area contributed by atoms with Gasteiger partial charge in [0, 0.05) is 11.4 Å². The molecule has 2 unspecified atom stereocenters. The van der Waals surface area contributed by atoms with Crippen LogP contribution >= 0.6 is 0 Å². The second kappa shape index (κ2) is 8.00. The van der Waals surface area contributed by atoms with Gasteiger partial charge in [-0.15, -0.1) is 10.0 Å². The molecule has 3 N–H and O–H groups in total. The molecule has 4 aliphatic rings. The molecule has 9 nitrogen and oxygen atoms in total. The third-order valence-corrected chi connectivity index (χ3v) is 6.57. The molecule has 4 heterocycles. The Hall–Kier alpha value is -3.09. The topological polar surface area (TPSA) is 93.5 Å². The Morgan fingerprint density at radius 2 is 2.15 bits per heavy atom. The molecule has 180 valence electrons. The first-order valence-corrected chi connectivity index (χ1v) is 11.1. The van der Waals surface area contributed by atoms with E-state index in [0.29, 0.717) is 24.9 Å². The first kappa shape index (κ1) is 22.7. The Balaban J connectivity index is 1.31. The lowest BCUT2D eigenvalue weighted by molar-refractivity contribution is -0.915. The number of aliphatic imine (C=N–C) groups is 2. The molecule has 0 aliphatic carbocycles. The number of carbonyl (C=O) groups is 1. The van der Waals surface area contributed by atoms with E-state index in [1.54, 1.807) is 12.4 Å². The van der Waals surface area contributed by atoms with Crippen LogP contribution in [0.25, 0.3) is 0 Å². The maximum absolute atomic E-state index is 12.5. The van der Waals surface area contributed by atoms with Crippen LogP contribution in [0.3, 0.4) is 0 Å². The Morgan fingerprint density at radius 1 is 1.32 bits per heavy atom. The van der Waals surface area contributed by atoms with E-state index in [-0.39, 0.29) is 23.1 Å². The van der Waals surface area contributed by atoms with Crippen LogP contribution in [0.5, 0.6) is 0 Å². The Morgan fingerprint density at radius 3 is 2.94 bits per heavy atom. The monoisotopic (exact) mass is 475 g/mol. The zero-order valence-corrected chi connectivity index (χ0v) is 18.9. The Labute approximate surface area is 194 Å². The summed E-state index contributed by atoms with van der Waals surface area (Å²) < 4.78 is 37.4. The van der Waals surface area contributed by atoms with Crippen LogP contribution in [-0.2, 0) is 10.2 Å². The fraction of sp³-hybridized carbons (Fsp3) is 0.455. The van der Waals surface area contributed by atoms with Crippen LogP contribution in [0.15, 0.2) is 45.7 Å². The maximum atomic E-state index is 12.5. The average molecular weight is 475 g/mol. The number of fused-ring (bicyclic) bond motifs is 2. The molecule has 1 saturated heterocycles. The van der Waals surface area contributed by atoms with Crippen molar-refractivity contribution >= 4 is 35.3 Å². The molecule has 1 amide bonds. The molecule has 0 bridgehead atoms. The molecule has 1 fully saturated rings. The molecule has 1 aromatic carbocycles. The summed E-state index contributed by atoms with van der Waals surface area (Å²) in [5, 5.41) is 15.5. The van der Waals surface area contributed by atoms with Crippen molar-refractivity contribution in [3.63, 3.8) is 0 Å². The SMILES string of the molecule is CC1(C)C(=O)Nc2cc(NC3=N[N+]4(N5CCC(CNCC(F)(F)F)C5)C=CN=CC4=N3)ccc21. The molecule has 4 aliphatic heterocycles. The third kappa shape index (κ3) is 4.01. The highest BCUT2D eigenvalue weighted by atomic mass is 19.4. The fourth-order valence-corrected chi connectivity index (χ4v) is 4.69. The second-order valence-electron chi connectivity index (χ2n) is 9.40.